The van der Waals surface area contributed by atoms with Crippen LogP contribution in [0.25, 0.3) is 0 Å². The van der Waals surface area contributed by atoms with Crippen molar-refractivity contribution < 1.29 is 4.39 Å². The quantitative estimate of drug-likeness (QED) is 0.875. The molecule has 100 valence electrons. The molecule has 0 aliphatic rings. The smallest absolute Gasteiger partial charge is 0.297 e. The fourth-order valence-corrected chi connectivity index (χ4v) is 2.13. The SMILES string of the molecule is CCc1c(Cl)[nH]c(=O)n(Cc2ccccc2F)c1=O. The Hall–Kier alpha value is -1.88. The predicted molar refractivity (Wildman–Crippen MR) is 71.2 cm³/mol. The second-order valence-corrected chi connectivity index (χ2v) is 4.44. The number of H-pyrrole nitrogens is 1. The van der Waals surface area contributed by atoms with E-state index >= 15 is 0 Å². The van der Waals surface area contributed by atoms with Gasteiger partial charge in [-0.25, -0.2) is 9.18 Å². The van der Waals surface area contributed by atoms with E-state index in [1.165, 1.54) is 12.1 Å². The number of hydrogen-bond acceptors (Lipinski definition) is 2. The van der Waals surface area contributed by atoms with Crippen molar-refractivity contribution in [3.8, 4) is 0 Å². The van der Waals surface area contributed by atoms with Gasteiger partial charge in [-0.1, -0.05) is 36.7 Å². The van der Waals surface area contributed by atoms with E-state index in [2.05, 4.69) is 4.98 Å². The number of nitrogens with one attached hydrogen (secondary N) is 1. The van der Waals surface area contributed by atoms with Crippen molar-refractivity contribution in [2.45, 2.75) is 19.9 Å². The lowest BCUT2D eigenvalue weighted by molar-refractivity contribution is 0.587. The van der Waals surface area contributed by atoms with Gasteiger partial charge in [-0.05, 0) is 12.5 Å². The van der Waals surface area contributed by atoms with E-state index in [-0.39, 0.29) is 17.3 Å². The zero-order valence-electron chi connectivity index (χ0n) is 10.2. The highest BCUT2D eigenvalue weighted by molar-refractivity contribution is 6.30. The van der Waals surface area contributed by atoms with Gasteiger partial charge in [0.2, 0.25) is 0 Å². The van der Waals surface area contributed by atoms with Gasteiger partial charge in [0, 0.05) is 5.56 Å². The van der Waals surface area contributed by atoms with Crippen molar-refractivity contribution in [1.82, 2.24) is 9.55 Å². The number of hydrogen-bond donors (Lipinski definition) is 1. The third-order valence-corrected chi connectivity index (χ3v) is 3.19. The van der Waals surface area contributed by atoms with Gasteiger partial charge in [0.1, 0.15) is 11.0 Å². The molecular formula is C13H12ClFN2O2. The van der Waals surface area contributed by atoms with Gasteiger partial charge in [-0.3, -0.25) is 14.3 Å². The molecule has 1 aromatic heterocycles. The van der Waals surface area contributed by atoms with Crippen LogP contribution in [0.2, 0.25) is 5.15 Å². The molecule has 1 N–H and O–H groups in total. The highest BCUT2D eigenvalue weighted by Crippen LogP contribution is 2.09. The van der Waals surface area contributed by atoms with Gasteiger partial charge in [-0.15, -0.1) is 0 Å². The number of aromatic nitrogens is 2. The third kappa shape index (κ3) is 2.61. The first-order valence-corrected chi connectivity index (χ1v) is 6.17. The van der Waals surface area contributed by atoms with Gasteiger partial charge in [0.25, 0.3) is 5.56 Å². The second-order valence-electron chi connectivity index (χ2n) is 4.06. The summed E-state index contributed by atoms with van der Waals surface area (Å²) in [5, 5.41) is 0.0438. The summed E-state index contributed by atoms with van der Waals surface area (Å²) in [6.45, 7) is 1.64. The van der Waals surface area contributed by atoms with Gasteiger partial charge < -0.3 is 0 Å². The second kappa shape index (κ2) is 5.40. The maximum Gasteiger partial charge on any atom is 0.329 e. The summed E-state index contributed by atoms with van der Waals surface area (Å²) in [6.07, 6.45) is 0.395. The van der Waals surface area contributed by atoms with Crippen molar-refractivity contribution >= 4 is 11.6 Å². The standard InChI is InChI=1S/C13H12ClFN2O2/c1-2-9-11(14)16-13(19)17(12(9)18)7-8-5-3-4-6-10(8)15/h3-6H,2,7H2,1H3,(H,16,19). The minimum atomic E-state index is -0.643. The van der Waals surface area contributed by atoms with Crippen molar-refractivity contribution in [3.63, 3.8) is 0 Å². The maximum atomic E-state index is 13.5. The van der Waals surface area contributed by atoms with E-state index in [1.54, 1.807) is 19.1 Å². The molecule has 0 saturated carbocycles. The summed E-state index contributed by atoms with van der Waals surface area (Å²) in [4.78, 5) is 26.2. The monoisotopic (exact) mass is 282 g/mol. The lowest BCUT2D eigenvalue weighted by Gasteiger charge is -2.08. The maximum absolute atomic E-state index is 13.5. The number of aromatic amines is 1. The molecule has 0 fully saturated rings. The highest BCUT2D eigenvalue weighted by atomic mass is 35.5. The first kappa shape index (κ1) is 13.5. The van der Waals surface area contributed by atoms with E-state index < -0.39 is 17.1 Å². The van der Waals surface area contributed by atoms with Crippen LogP contribution in [0.15, 0.2) is 33.9 Å². The van der Waals surface area contributed by atoms with E-state index in [0.717, 1.165) is 4.57 Å². The van der Waals surface area contributed by atoms with Crippen LogP contribution in [-0.2, 0) is 13.0 Å². The largest absolute Gasteiger partial charge is 0.329 e. The van der Waals surface area contributed by atoms with Gasteiger partial charge in [-0.2, -0.15) is 0 Å². The lowest BCUT2D eigenvalue weighted by Crippen LogP contribution is -2.37. The Morgan fingerprint density at radius 1 is 1.32 bits per heavy atom. The summed E-state index contributed by atoms with van der Waals surface area (Å²) < 4.78 is 14.5. The van der Waals surface area contributed by atoms with E-state index in [0.29, 0.717) is 12.0 Å². The van der Waals surface area contributed by atoms with Crippen molar-refractivity contribution in [2.24, 2.45) is 0 Å². The van der Waals surface area contributed by atoms with Crippen molar-refractivity contribution in [3.05, 3.63) is 67.2 Å². The molecule has 0 bridgehead atoms. The van der Waals surface area contributed by atoms with Crippen LogP contribution in [-0.4, -0.2) is 9.55 Å². The molecule has 0 radical (unpaired) electrons. The Labute approximate surface area is 113 Å². The fourth-order valence-electron chi connectivity index (χ4n) is 1.83. The molecular weight excluding hydrogens is 271 g/mol. The van der Waals surface area contributed by atoms with Crippen LogP contribution < -0.4 is 11.2 Å². The predicted octanol–water partition coefficient (Wildman–Crippen LogP) is 1.94. The average molecular weight is 283 g/mol. The molecule has 0 aliphatic carbocycles. The Balaban J connectivity index is 2.56. The van der Waals surface area contributed by atoms with Gasteiger partial charge in [0.15, 0.2) is 0 Å². The van der Waals surface area contributed by atoms with Crippen LogP contribution in [0, 0.1) is 5.82 Å². The highest BCUT2D eigenvalue weighted by Gasteiger charge is 2.12. The molecule has 0 spiro atoms. The van der Waals surface area contributed by atoms with Gasteiger partial charge >= 0.3 is 5.69 Å². The molecule has 0 unspecified atom stereocenters. The molecule has 4 nitrogen and oxygen atoms in total. The summed E-state index contributed by atoms with van der Waals surface area (Å²) in [5.74, 6) is -0.457. The minimum Gasteiger partial charge on any atom is -0.297 e. The number of nitrogens with zero attached hydrogens (tertiary/aromatic N) is 1. The summed E-state index contributed by atoms with van der Waals surface area (Å²) >= 11 is 5.80. The van der Waals surface area contributed by atoms with E-state index in [1.807, 2.05) is 0 Å². The lowest BCUT2D eigenvalue weighted by atomic mass is 10.2. The van der Waals surface area contributed by atoms with Crippen LogP contribution in [0.4, 0.5) is 4.39 Å². The number of halogens is 2. The zero-order valence-corrected chi connectivity index (χ0v) is 11.0. The van der Waals surface area contributed by atoms with Crippen molar-refractivity contribution in [2.75, 3.05) is 0 Å². The first-order valence-electron chi connectivity index (χ1n) is 5.79. The van der Waals surface area contributed by atoms with Crippen LogP contribution in [0.1, 0.15) is 18.1 Å². The molecule has 0 saturated heterocycles. The summed E-state index contributed by atoms with van der Waals surface area (Å²) in [7, 11) is 0. The Bertz CT molecular complexity index is 721. The normalized spacial score (nSPS) is 10.7. The van der Waals surface area contributed by atoms with Gasteiger partial charge in [0.05, 0.1) is 12.1 Å². The van der Waals surface area contributed by atoms with Crippen LogP contribution >= 0.6 is 11.6 Å². The minimum absolute atomic E-state index is 0.0438. The van der Waals surface area contributed by atoms with E-state index in [9.17, 15) is 14.0 Å². The molecule has 0 aliphatic heterocycles. The molecule has 2 rings (SSSR count). The molecule has 6 heteroatoms. The molecule has 1 aromatic carbocycles. The van der Waals surface area contributed by atoms with Crippen LogP contribution in [0.3, 0.4) is 0 Å². The Kier molecular flexibility index (Phi) is 3.85. The summed E-state index contributed by atoms with van der Waals surface area (Å²) in [5.41, 5.74) is -0.535. The number of rotatable bonds is 3. The average Bonchev–Trinajstić information content (AvgIpc) is 2.36. The Morgan fingerprint density at radius 2 is 2.00 bits per heavy atom. The summed E-state index contributed by atoms with van der Waals surface area (Å²) in [6, 6.07) is 6.01. The van der Waals surface area contributed by atoms with Crippen LogP contribution in [0.5, 0.6) is 0 Å². The zero-order chi connectivity index (χ0) is 14.0. The fraction of sp³-hybridized carbons (Fsp3) is 0.231. The third-order valence-electron chi connectivity index (χ3n) is 2.87. The molecule has 19 heavy (non-hydrogen) atoms. The van der Waals surface area contributed by atoms with Crippen molar-refractivity contribution in [1.29, 1.82) is 0 Å². The topological polar surface area (TPSA) is 54.9 Å². The molecule has 0 amide bonds. The first-order chi connectivity index (χ1) is 9.04. The molecule has 2 aromatic rings. The van der Waals surface area contributed by atoms with E-state index in [4.69, 9.17) is 11.6 Å². The molecule has 1 heterocycles. The molecule has 0 atom stereocenters. The Morgan fingerprint density at radius 3 is 2.63 bits per heavy atom. The number of benzene rings is 1.